The lowest BCUT2D eigenvalue weighted by Crippen LogP contribution is -2.44. The van der Waals surface area contributed by atoms with E-state index in [-0.39, 0.29) is 6.09 Å². The third kappa shape index (κ3) is 3.23. The largest absolute Gasteiger partial charge is 0.414 e. The van der Waals surface area contributed by atoms with Crippen molar-refractivity contribution >= 4 is 11.8 Å². The van der Waals surface area contributed by atoms with E-state index in [1.807, 2.05) is 24.3 Å². The average Bonchev–Trinajstić information content (AvgIpc) is 2.38. The lowest BCUT2D eigenvalue weighted by atomic mass is 10.2. The van der Waals surface area contributed by atoms with E-state index in [0.29, 0.717) is 5.75 Å². The Bertz CT molecular complexity index is 395. The van der Waals surface area contributed by atoms with Crippen LogP contribution in [0.15, 0.2) is 24.3 Å². The zero-order valence-corrected chi connectivity index (χ0v) is 11.9. The van der Waals surface area contributed by atoms with Crippen LogP contribution in [0.2, 0.25) is 0 Å². The second-order valence-corrected chi connectivity index (χ2v) is 4.78. The van der Waals surface area contributed by atoms with Gasteiger partial charge in [0.05, 0.1) is 20.1 Å². The quantitative estimate of drug-likeness (QED) is 0.770. The Kier molecular flexibility index (Phi) is 4.73. The molecule has 0 aliphatic heterocycles. The first-order valence-corrected chi connectivity index (χ1v) is 6.27. The molecule has 0 aliphatic carbocycles. The molecule has 0 radical (unpaired) electrons. The molecule has 0 N–H and O–H groups in total. The van der Waals surface area contributed by atoms with E-state index < -0.39 is 0 Å². The molecule has 0 saturated heterocycles. The highest BCUT2D eigenvalue weighted by molar-refractivity contribution is 5.70. The topological polar surface area (TPSA) is 29.5 Å². The van der Waals surface area contributed by atoms with Crippen molar-refractivity contribution in [3.63, 3.8) is 0 Å². The predicted molar refractivity (Wildman–Crippen MR) is 75.0 cm³/mol. The van der Waals surface area contributed by atoms with Crippen molar-refractivity contribution in [2.24, 2.45) is 0 Å². The number of ether oxygens (including phenoxy) is 1. The fourth-order valence-corrected chi connectivity index (χ4v) is 1.65. The summed E-state index contributed by atoms with van der Waals surface area (Å²) in [7, 11) is 5.53. The Hall–Kier alpha value is -1.55. The molecule has 1 amide bonds. The van der Waals surface area contributed by atoms with Crippen LogP contribution in [0, 0.1) is 0 Å². The van der Waals surface area contributed by atoms with E-state index in [9.17, 15) is 4.79 Å². The van der Waals surface area contributed by atoms with Crippen LogP contribution >= 0.6 is 0 Å². The Morgan fingerprint density at radius 3 is 2.06 bits per heavy atom. The van der Waals surface area contributed by atoms with E-state index in [2.05, 4.69) is 20.9 Å². The molecule has 1 aromatic carbocycles. The van der Waals surface area contributed by atoms with Gasteiger partial charge in [0, 0.05) is 26.2 Å². The summed E-state index contributed by atoms with van der Waals surface area (Å²) in [6.45, 7) is 6.41. The van der Waals surface area contributed by atoms with Crippen molar-refractivity contribution in [1.82, 2.24) is 9.38 Å². The standard InChI is InChI=1S/C14H23N2O2/c1-6-16(5,7-2)12-8-10-13(11-9-12)18-14(17)15(3)4/h8-11H,6-7H2,1-5H3/q+1. The third-order valence-electron chi connectivity index (χ3n) is 3.43. The average molecular weight is 251 g/mol. The molecular formula is C14H23N2O2+. The van der Waals surface area contributed by atoms with Gasteiger partial charge in [0.1, 0.15) is 11.4 Å². The summed E-state index contributed by atoms with van der Waals surface area (Å²) in [6.07, 6.45) is -0.356. The number of amides is 1. The first-order chi connectivity index (χ1) is 8.42. The molecule has 0 aliphatic rings. The molecule has 0 atom stereocenters. The van der Waals surface area contributed by atoms with Crippen molar-refractivity contribution in [1.29, 1.82) is 0 Å². The molecule has 1 rings (SSSR count). The van der Waals surface area contributed by atoms with Crippen LogP contribution in [0.1, 0.15) is 13.8 Å². The van der Waals surface area contributed by atoms with Crippen LogP contribution in [0.3, 0.4) is 0 Å². The van der Waals surface area contributed by atoms with Crippen LogP contribution < -0.4 is 9.22 Å². The van der Waals surface area contributed by atoms with E-state index in [0.717, 1.165) is 17.6 Å². The van der Waals surface area contributed by atoms with Gasteiger partial charge < -0.3 is 9.64 Å². The fourth-order valence-electron chi connectivity index (χ4n) is 1.65. The Labute approximate surface area is 109 Å². The maximum atomic E-state index is 11.4. The predicted octanol–water partition coefficient (Wildman–Crippen LogP) is 2.72. The highest BCUT2D eigenvalue weighted by Crippen LogP contribution is 2.24. The van der Waals surface area contributed by atoms with Gasteiger partial charge in [0.15, 0.2) is 0 Å². The Balaban J connectivity index is 2.83. The molecule has 1 aromatic rings. The summed E-state index contributed by atoms with van der Waals surface area (Å²) in [5.41, 5.74) is 1.23. The maximum absolute atomic E-state index is 11.4. The summed E-state index contributed by atoms with van der Waals surface area (Å²) in [5, 5.41) is 0. The van der Waals surface area contributed by atoms with Crippen LogP contribution in [0.25, 0.3) is 0 Å². The van der Waals surface area contributed by atoms with Gasteiger partial charge in [0.2, 0.25) is 0 Å². The van der Waals surface area contributed by atoms with Gasteiger partial charge in [-0.3, -0.25) is 4.48 Å². The molecule has 0 bridgehead atoms. The molecule has 0 heterocycles. The van der Waals surface area contributed by atoms with E-state index >= 15 is 0 Å². The zero-order valence-electron chi connectivity index (χ0n) is 11.9. The molecule has 4 heteroatoms. The van der Waals surface area contributed by atoms with E-state index in [1.165, 1.54) is 10.6 Å². The van der Waals surface area contributed by atoms with Gasteiger partial charge in [-0.2, -0.15) is 0 Å². The molecular weight excluding hydrogens is 228 g/mol. The van der Waals surface area contributed by atoms with Gasteiger partial charge in [-0.05, 0) is 26.0 Å². The minimum absolute atomic E-state index is 0.356. The monoisotopic (exact) mass is 251 g/mol. The molecule has 100 valence electrons. The number of hydrogen-bond acceptors (Lipinski definition) is 2. The van der Waals surface area contributed by atoms with Crippen molar-refractivity contribution in [2.45, 2.75) is 13.8 Å². The van der Waals surface area contributed by atoms with E-state index in [1.54, 1.807) is 14.1 Å². The van der Waals surface area contributed by atoms with Crippen molar-refractivity contribution in [3.8, 4) is 5.75 Å². The van der Waals surface area contributed by atoms with E-state index in [4.69, 9.17) is 4.74 Å². The van der Waals surface area contributed by atoms with Crippen molar-refractivity contribution in [3.05, 3.63) is 24.3 Å². The smallest absolute Gasteiger partial charge is 0.410 e. The number of carbonyl (C=O) groups is 1. The summed E-state index contributed by atoms with van der Waals surface area (Å²) in [4.78, 5) is 12.8. The highest BCUT2D eigenvalue weighted by Gasteiger charge is 2.20. The summed E-state index contributed by atoms with van der Waals surface area (Å²) < 4.78 is 6.07. The molecule has 0 aromatic heterocycles. The van der Waals surface area contributed by atoms with Crippen molar-refractivity contribution in [2.75, 3.05) is 34.2 Å². The van der Waals surface area contributed by atoms with Crippen LogP contribution in [0.4, 0.5) is 10.5 Å². The van der Waals surface area contributed by atoms with Crippen molar-refractivity contribution < 1.29 is 9.53 Å². The highest BCUT2D eigenvalue weighted by atomic mass is 16.6. The summed E-state index contributed by atoms with van der Waals surface area (Å²) >= 11 is 0. The first-order valence-electron chi connectivity index (χ1n) is 6.27. The Morgan fingerprint density at radius 2 is 1.67 bits per heavy atom. The molecule has 18 heavy (non-hydrogen) atoms. The molecule has 0 saturated carbocycles. The molecule has 4 nitrogen and oxygen atoms in total. The Morgan fingerprint density at radius 1 is 1.17 bits per heavy atom. The van der Waals surface area contributed by atoms with Gasteiger partial charge in [0.25, 0.3) is 0 Å². The van der Waals surface area contributed by atoms with Gasteiger partial charge in [-0.25, -0.2) is 4.79 Å². The van der Waals surface area contributed by atoms with Crippen LogP contribution in [-0.2, 0) is 0 Å². The minimum atomic E-state index is -0.356. The number of hydrogen-bond donors (Lipinski definition) is 0. The minimum Gasteiger partial charge on any atom is -0.410 e. The van der Waals surface area contributed by atoms with Crippen LogP contribution in [-0.4, -0.2) is 45.2 Å². The fraction of sp³-hybridized carbons (Fsp3) is 0.500. The first kappa shape index (κ1) is 14.5. The molecule has 0 spiro atoms. The molecule has 0 unspecified atom stereocenters. The normalized spacial score (nSPS) is 11.2. The molecule has 0 fully saturated rings. The lowest BCUT2D eigenvalue weighted by molar-refractivity contribution is 0.172. The number of nitrogens with zero attached hydrogens (tertiary/aromatic N) is 2. The number of carbonyl (C=O) groups excluding carboxylic acids is 1. The second-order valence-electron chi connectivity index (χ2n) is 4.78. The van der Waals surface area contributed by atoms with Gasteiger partial charge in [-0.1, -0.05) is 0 Å². The van der Waals surface area contributed by atoms with Gasteiger partial charge >= 0.3 is 6.09 Å². The van der Waals surface area contributed by atoms with Gasteiger partial charge in [-0.15, -0.1) is 0 Å². The summed E-state index contributed by atoms with van der Waals surface area (Å²) in [5.74, 6) is 0.580. The lowest BCUT2D eigenvalue weighted by Gasteiger charge is -2.31. The zero-order chi connectivity index (χ0) is 13.8. The number of rotatable bonds is 4. The SMILES string of the molecule is CC[N+](C)(CC)c1ccc(OC(=O)N(C)C)cc1. The third-order valence-corrected chi connectivity index (χ3v) is 3.43. The maximum Gasteiger partial charge on any atom is 0.414 e. The van der Waals surface area contributed by atoms with Crippen LogP contribution in [0.5, 0.6) is 5.75 Å². The number of benzene rings is 1. The second kappa shape index (κ2) is 5.87. The number of quaternary nitrogens is 1. The summed E-state index contributed by atoms with van der Waals surface area (Å²) in [6, 6.07) is 7.73.